The minimum atomic E-state index is -3.32. The first-order valence-corrected chi connectivity index (χ1v) is 11.3. The van der Waals surface area contributed by atoms with Gasteiger partial charge in [0.2, 0.25) is 5.91 Å². The number of alkyl carbamates (subject to hydrolysis) is 1. The molecule has 2 N–H and O–H groups in total. The van der Waals surface area contributed by atoms with E-state index in [4.69, 9.17) is 16.3 Å². The number of carbonyl (C=O) groups is 2. The van der Waals surface area contributed by atoms with Gasteiger partial charge in [0.15, 0.2) is 0 Å². The van der Waals surface area contributed by atoms with E-state index in [-0.39, 0.29) is 18.8 Å². The number of carbonyl (C=O) groups excluding carboxylic acids is 2. The zero-order valence-corrected chi connectivity index (χ0v) is 17.7. The van der Waals surface area contributed by atoms with E-state index in [1.54, 1.807) is 37.3 Å². The van der Waals surface area contributed by atoms with Crippen molar-refractivity contribution in [3.8, 4) is 0 Å². The lowest BCUT2D eigenvalue weighted by molar-refractivity contribution is -0.118. The Morgan fingerprint density at radius 3 is 2.45 bits per heavy atom. The summed E-state index contributed by atoms with van der Waals surface area (Å²) in [6.07, 6.45) is 0.173. The monoisotopic (exact) mass is 438 g/mol. The molecule has 0 heterocycles. The van der Waals surface area contributed by atoms with Crippen molar-refractivity contribution in [3.63, 3.8) is 0 Å². The number of anilines is 1. The summed E-state index contributed by atoms with van der Waals surface area (Å²) in [5.74, 6) is -0.806. The lowest BCUT2D eigenvalue weighted by atomic mass is 10.1. The highest BCUT2D eigenvalue weighted by molar-refractivity contribution is 7.90. The van der Waals surface area contributed by atoms with E-state index in [2.05, 4.69) is 10.6 Å². The van der Waals surface area contributed by atoms with Gasteiger partial charge in [-0.05, 0) is 42.7 Å². The van der Waals surface area contributed by atoms with Crippen LogP contribution >= 0.6 is 11.6 Å². The van der Waals surface area contributed by atoms with E-state index in [1.807, 2.05) is 18.2 Å². The molecule has 9 heteroatoms. The Morgan fingerprint density at radius 2 is 1.83 bits per heavy atom. The number of hydrogen-bond donors (Lipinski definition) is 2. The number of ether oxygens (including phenoxy) is 1. The van der Waals surface area contributed by atoms with Crippen LogP contribution in [0.25, 0.3) is 0 Å². The van der Waals surface area contributed by atoms with Crippen LogP contribution in [0.1, 0.15) is 17.5 Å². The third-order valence-electron chi connectivity index (χ3n) is 4.04. The summed E-state index contributed by atoms with van der Waals surface area (Å²) in [7, 11) is -3.32. The molecule has 0 aliphatic rings. The van der Waals surface area contributed by atoms with Crippen molar-refractivity contribution in [2.75, 3.05) is 17.3 Å². The molecule has 1 atom stereocenters. The predicted molar refractivity (Wildman–Crippen MR) is 113 cm³/mol. The third-order valence-corrected chi connectivity index (χ3v) is 5.26. The summed E-state index contributed by atoms with van der Waals surface area (Å²) in [4.78, 5) is 24.8. The highest BCUT2D eigenvalue weighted by Gasteiger charge is 2.23. The number of aryl methyl sites for hydroxylation is 1. The number of nitrogens with one attached hydrogen (secondary N) is 2. The average molecular weight is 439 g/mol. The highest BCUT2D eigenvalue weighted by Crippen LogP contribution is 2.20. The number of amides is 2. The van der Waals surface area contributed by atoms with Crippen LogP contribution in [0.3, 0.4) is 0 Å². The Hall–Kier alpha value is -2.58. The van der Waals surface area contributed by atoms with Crippen molar-refractivity contribution in [1.82, 2.24) is 5.32 Å². The predicted octanol–water partition coefficient (Wildman–Crippen LogP) is 3.32. The summed E-state index contributed by atoms with van der Waals surface area (Å²) in [6, 6.07) is 12.9. The molecular weight excluding hydrogens is 416 g/mol. The maximum atomic E-state index is 12.7. The first kappa shape index (κ1) is 22.7. The fourth-order valence-corrected chi connectivity index (χ4v) is 3.39. The molecular formula is C20H23ClN2O5S. The first-order valence-electron chi connectivity index (χ1n) is 8.86. The fraction of sp³-hybridized carbons (Fsp3) is 0.300. The van der Waals surface area contributed by atoms with Crippen molar-refractivity contribution in [2.24, 2.45) is 0 Å². The van der Waals surface area contributed by atoms with Gasteiger partial charge in [-0.25, -0.2) is 13.2 Å². The van der Waals surface area contributed by atoms with Crippen LogP contribution in [-0.2, 0) is 26.0 Å². The van der Waals surface area contributed by atoms with Gasteiger partial charge < -0.3 is 15.4 Å². The standard InChI is InChI=1S/C20H23ClN2O5S/c1-14-12-16(21)8-9-17(14)22-19(24)18(10-11-29(2,26)27)23-20(25)28-13-15-6-4-3-5-7-15/h3-9,12,18H,10-11,13H2,1-2H3,(H,22,24)(H,23,25). The smallest absolute Gasteiger partial charge is 0.408 e. The first-order chi connectivity index (χ1) is 13.6. The number of halogens is 1. The molecule has 0 bridgehead atoms. The van der Waals surface area contributed by atoms with Gasteiger partial charge in [-0.2, -0.15) is 0 Å². The number of rotatable bonds is 8. The maximum absolute atomic E-state index is 12.7. The Kier molecular flexibility index (Phi) is 8.04. The summed E-state index contributed by atoms with van der Waals surface area (Å²) in [5, 5.41) is 5.66. The summed E-state index contributed by atoms with van der Waals surface area (Å²) < 4.78 is 28.2. The van der Waals surface area contributed by atoms with Crippen LogP contribution in [0.2, 0.25) is 5.02 Å². The van der Waals surface area contributed by atoms with Crippen LogP contribution < -0.4 is 10.6 Å². The van der Waals surface area contributed by atoms with Gasteiger partial charge in [-0.1, -0.05) is 41.9 Å². The van der Waals surface area contributed by atoms with Gasteiger partial charge in [0.05, 0.1) is 5.75 Å². The van der Waals surface area contributed by atoms with Crippen molar-refractivity contribution in [2.45, 2.75) is 26.0 Å². The minimum absolute atomic E-state index is 0.0311. The van der Waals surface area contributed by atoms with Crippen LogP contribution in [0, 0.1) is 6.92 Å². The van der Waals surface area contributed by atoms with Crippen LogP contribution in [0.15, 0.2) is 48.5 Å². The van der Waals surface area contributed by atoms with Gasteiger partial charge in [-0.3, -0.25) is 4.79 Å². The topological polar surface area (TPSA) is 102 Å². The van der Waals surface area contributed by atoms with E-state index in [0.29, 0.717) is 10.7 Å². The molecule has 0 radical (unpaired) electrons. The molecule has 156 valence electrons. The fourth-order valence-electron chi connectivity index (χ4n) is 2.49. The van der Waals surface area contributed by atoms with E-state index in [9.17, 15) is 18.0 Å². The molecule has 0 fully saturated rings. The van der Waals surface area contributed by atoms with Crippen LogP contribution in [0.5, 0.6) is 0 Å². The van der Waals surface area contributed by atoms with Crippen molar-refractivity contribution in [1.29, 1.82) is 0 Å². The Labute approximate surface area is 175 Å². The van der Waals surface area contributed by atoms with Crippen molar-refractivity contribution < 1.29 is 22.7 Å². The SMILES string of the molecule is Cc1cc(Cl)ccc1NC(=O)C(CCS(C)(=O)=O)NC(=O)OCc1ccccc1. The molecule has 2 amide bonds. The molecule has 29 heavy (non-hydrogen) atoms. The molecule has 0 saturated heterocycles. The molecule has 2 rings (SSSR count). The normalized spacial score (nSPS) is 12.1. The van der Waals surface area contributed by atoms with Gasteiger partial charge in [0.1, 0.15) is 22.5 Å². The van der Waals surface area contributed by atoms with Crippen LogP contribution in [-0.4, -0.2) is 38.5 Å². The molecule has 0 spiro atoms. The maximum Gasteiger partial charge on any atom is 0.408 e. The van der Waals surface area contributed by atoms with E-state index < -0.39 is 27.9 Å². The summed E-state index contributed by atoms with van der Waals surface area (Å²) in [6.45, 7) is 1.80. The lowest BCUT2D eigenvalue weighted by Crippen LogP contribution is -2.45. The van der Waals surface area contributed by atoms with Gasteiger partial charge >= 0.3 is 6.09 Å². The number of sulfone groups is 1. The molecule has 2 aromatic carbocycles. The molecule has 0 aromatic heterocycles. The second kappa shape index (κ2) is 10.3. The molecule has 0 aliphatic heterocycles. The van der Waals surface area contributed by atoms with E-state index >= 15 is 0 Å². The van der Waals surface area contributed by atoms with Crippen molar-refractivity contribution in [3.05, 3.63) is 64.7 Å². The second-order valence-electron chi connectivity index (χ2n) is 6.63. The Bertz CT molecular complexity index is 964. The summed E-state index contributed by atoms with van der Waals surface area (Å²) in [5.41, 5.74) is 2.04. The lowest BCUT2D eigenvalue weighted by Gasteiger charge is -2.19. The highest BCUT2D eigenvalue weighted by atomic mass is 35.5. The Balaban J connectivity index is 2.04. The number of hydrogen-bond acceptors (Lipinski definition) is 5. The largest absolute Gasteiger partial charge is 0.445 e. The van der Waals surface area contributed by atoms with Gasteiger partial charge in [0, 0.05) is 17.0 Å². The zero-order chi connectivity index (χ0) is 21.4. The Morgan fingerprint density at radius 1 is 1.14 bits per heavy atom. The molecule has 0 aliphatic carbocycles. The number of benzene rings is 2. The molecule has 1 unspecified atom stereocenters. The third kappa shape index (κ3) is 8.13. The average Bonchev–Trinajstić information content (AvgIpc) is 2.65. The molecule has 0 saturated carbocycles. The van der Waals surface area contributed by atoms with Gasteiger partial charge in [0.25, 0.3) is 0 Å². The summed E-state index contributed by atoms with van der Waals surface area (Å²) >= 11 is 5.92. The van der Waals surface area contributed by atoms with Gasteiger partial charge in [-0.15, -0.1) is 0 Å². The molecule has 2 aromatic rings. The minimum Gasteiger partial charge on any atom is -0.445 e. The van der Waals surface area contributed by atoms with E-state index in [1.165, 1.54) is 0 Å². The van der Waals surface area contributed by atoms with Crippen LogP contribution in [0.4, 0.5) is 10.5 Å². The molecule has 7 nitrogen and oxygen atoms in total. The van der Waals surface area contributed by atoms with Crippen molar-refractivity contribution >= 4 is 39.1 Å². The second-order valence-corrected chi connectivity index (χ2v) is 9.32. The van der Waals surface area contributed by atoms with E-state index in [0.717, 1.165) is 17.4 Å². The quantitative estimate of drug-likeness (QED) is 0.658. The zero-order valence-electron chi connectivity index (χ0n) is 16.1.